The Morgan fingerprint density at radius 3 is 2.74 bits per heavy atom. The second kappa shape index (κ2) is 9.59. The van der Waals surface area contributed by atoms with Gasteiger partial charge in [-0.2, -0.15) is 0 Å². The van der Waals surface area contributed by atoms with Gasteiger partial charge in [-0.1, -0.05) is 24.6 Å². The predicted molar refractivity (Wildman–Crippen MR) is 140 cm³/mol. The van der Waals surface area contributed by atoms with Crippen LogP contribution in [0.4, 0.5) is 5.69 Å². The first-order valence-corrected chi connectivity index (χ1v) is 13.7. The SMILES string of the molecule is COc1ccc2c(c1)C(N1CCN(CCCCC34CCCc5cccc(c53)NC4=O)CC1)CCC2. The summed E-state index contributed by atoms with van der Waals surface area (Å²) < 4.78 is 5.52. The van der Waals surface area contributed by atoms with Crippen molar-refractivity contribution in [2.45, 2.75) is 69.2 Å². The van der Waals surface area contributed by atoms with Gasteiger partial charge in [0, 0.05) is 37.9 Å². The highest BCUT2D eigenvalue weighted by atomic mass is 16.5. The van der Waals surface area contributed by atoms with Crippen LogP contribution in [0, 0.1) is 0 Å². The third kappa shape index (κ3) is 4.17. The number of aryl methyl sites for hydroxylation is 2. The van der Waals surface area contributed by atoms with Crippen LogP contribution in [0.15, 0.2) is 36.4 Å². The van der Waals surface area contributed by atoms with Crippen LogP contribution in [-0.4, -0.2) is 55.5 Å². The minimum absolute atomic E-state index is 0.248. The van der Waals surface area contributed by atoms with Crippen molar-refractivity contribution in [2.24, 2.45) is 0 Å². The second-order valence-electron chi connectivity index (χ2n) is 11.0. The molecule has 5 heteroatoms. The van der Waals surface area contributed by atoms with E-state index in [0.717, 1.165) is 76.3 Å². The number of amides is 1. The molecular formula is C30H39N3O2. The van der Waals surface area contributed by atoms with Gasteiger partial charge in [-0.15, -0.1) is 0 Å². The van der Waals surface area contributed by atoms with Gasteiger partial charge in [0.1, 0.15) is 5.75 Å². The molecule has 2 unspecified atom stereocenters. The van der Waals surface area contributed by atoms with E-state index < -0.39 is 0 Å². The topological polar surface area (TPSA) is 44.8 Å². The number of ether oxygens (including phenoxy) is 1. The Morgan fingerprint density at radius 1 is 1.03 bits per heavy atom. The number of rotatable bonds is 7. The van der Waals surface area contributed by atoms with E-state index >= 15 is 0 Å². The molecular weight excluding hydrogens is 434 g/mol. The fourth-order valence-corrected chi connectivity index (χ4v) is 7.34. The smallest absolute Gasteiger partial charge is 0.235 e. The minimum atomic E-state index is -0.266. The van der Waals surface area contributed by atoms with Crippen LogP contribution in [0.3, 0.4) is 0 Å². The number of nitrogens with one attached hydrogen (secondary N) is 1. The molecule has 2 aliphatic carbocycles. The van der Waals surface area contributed by atoms with Gasteiger partial charge < -0.3 is 15.0 Å². The molecule has 2 aromatic rings. The number of piperazine rings is 1. The average Bonchev–Trinajstić information content (AvgIpc) is 3.19. The van der Waals surface area contributed by atoms with Crippen molar-refractivity contribution in [1.82, 2.24) is 9.80 Å². The normalized spacial score (nSPS) is 26.2. The van der Waals surface area contributed by atoms with Crippen molar-refractivity contribution in [3.8, 4) is 5.75 Å². The first-order valence-electron chi connectivity index (χ1n) is 13.7. The molecule has 1 saturated heterocycles. The van der Waals surface area contributed by atoms with Crippen LogP contribution >= 0.6 is 0 Å². The Balaban J connectivity index is 1.02. The van der Waals surface area contributed by atoms with Gasteiger partial charge in [-0.25, -0.2) is 0 Å². The van der Waals surface area contributed by atoms with Crippen molar-refractivity contribution in [3.63, 3.8) is 0 Å². The third-order valence-electron chi connectivity index (χ3n) is 9.17. The first-order chi connectivity index (χ1) is 17.2. The van der Waals surface area contributed by atoms with Crippen LogP contribution in [0.1, 0.15) is 73.2 Å². The van der Waals surface area contributed by atoms with E-state index in [1.165, 1.54) is 47.9 Å². The number of hydrogen-bond donors (Lipinski definition) is 1. The number of unbranched alkanes of at least 4 members (excludes halogenated alkanes) is 1. The fraction of sp³-hybridized carbons (Fsp3) is 0.567. The number of carbonyl (C=O) groups is 1. The van der Waals surface area contributed by atoms with Crippen LogP contribution < -0.4 is 10.1 Å². The maximum atomic E-state index is 13.0. The number of hydrogen-bond acceptors (Lipinski definition) is 4. The number of benzene rings is 2. The lowest BCUT2D eigenvalue weighted by Gasteiger charge is -2.41. The van der Waals surface area contributed by atoms with Gasteiger partial charge in [-0.05, 0) is 98.4 Å². The molecule has 1 amide bonds. The molecule has 2 aliphatic heterocycles. The third-order valence-corrected chi connectivity index (χ3v) is 9.17. The number of nitrogens with zero attached hydrogens (tertiary/aromatic N) is 2. The Bertz CT molecular complexity index is 1090. The van der Waals surface area contributed by atoms with Crippen LogP contribution in [-0.2, 0) is 23.1 Å². The maximum Gasteiger partial charge on any atom is 0.235 e. The van der Waals surface area contributed by atoms with E-state index in [2.05, 4.69) is 51.5 Å². The summed E-state index contributed by atoms with van der Waals surface area (Å²) in [6, 6.07) is 13.6. The Hall–Kier alpha value is -2.37. The number of anilines is 1. The van der Waals surface area contributed by atoms with Gasteiger partial charge in [0.25, 0.3) is 0 Å². The van der Waals surface area contributed by atoms with E-state index in [0.29, 0.717) is 6.04 Å². The zero-order valence-corrected chi connectivity index (χ0v) is 21.2. The second-order valence-corrected chi connectivity index (χ2v) is 11.0. The summed E-state index contributed by atoms with van der Waals surface area (Å²) >= 11 is 0. The highest BCUT2D eigenvalue weighted by Crippen LogP contribution is 2.49. The van der Waals surface area contributed by atoms with Crippen molar-refractivity contribution in [2.75, 3.05) is 45.2 Å². The number of carbonyl (C=O) groups excluding carboxylic acids is 1. The van der Waals surface area contributed by atoms with Crippen molar-refractivity contribution < 1.29 is 9.53 Å². The van der Waals surface area contributed by atoms with E-state index in [1.54, 1.807) is 7.11 Å². The molecule has 2 aromatic carbocycles. The lowest BCUT2D eigenvalue weighted by Crippen LogP contribution is -2.48. The summed E-state index contributed by atoms with van der Waals surface area (Å²) in [7, 11) is 1.77. The Morgan fingerprint density at radius 2 is 1.89 bits per heavy atom. The van der Waals surface area contributed by atoms with Crippen LogP contribution in [0.5, 0.6) is 5.75 Å². The molecule has 186 valence electrons. The molecule has 2 atom stereocenters. The molecule has 0 saturated carbocycles. The van der Waals surface area contributed by atoms with Gasteiger partial charge in [-0.3, -0.25) is 9.69 Å². The number of methoxy groups -OCH3 is 1. The van der Waals surface area contributed by atoms with E-state index in [9.17, 15) is 4.79 Å². The summed E-state index contributed by atoms with van der Waals surface area (Å²) in [5, 5.41) is 3.20. The molecule has 0 aromatic heterocycles. The Kier molecular flexibility index (Phi) is 6.32. The predicted octanol–water partition coefficient (Wildman–Crippen LogP) is 5.09. The largest absolute Gasteiger partial charge is 0.497 e. The molecule has 5 nitrogen and oxygen atoms in total. The standard InChI is InChI=1S/C30H39N3O2/c1-35-24-13-12-22-7-5-11-27(25(22)21-24)33-19-17-32(18-20-33)16-3-2-14-30-15-6-9-23-8-4-10-26(28(23)30)31-29(30)34/h4,8,10,12-13,21,27H,2-3,5-7,9,11,14-20H2,1H3,(H,31,34). The quantitative estimate of drug-likeness (QED) is 0.569. The molecule has 0 bridgehead atoms. The van der Waals surface area contributed by atoms with Gasteiger partial charge >= 0.3 is 0 Å². The zero-order chi connectivity index (χ0) is 23.8. The molecule has 4 aliphatic rings. The lowest BCUT2D eigenvalue weighted by atomic mass is 9.68. The highest BCUT2D eigenvalue weighted by molar-refractivity contribution is 6.07. The van der Waals surface area contributed by atoms with Crippen molar-refractivity contribution >= 4 is 11.6 Å². The van der Waals surface area contributed by atoms with Crippen molar-refractivity contribution in [3.05, 3.63) is 58.7 Å². The van der Waals surface area contributed by atoms with Gasteiger partial charge in [0.2, 0.25) is 5.91 Å². The molecule has 0 radical (unpaired) electrons. The van der Waals surface area contributed by atoms with E-state index in [4.69, 9.17) is 4.74 Å². The highest BCUT2D eigenvalue weighted by Gasteiger charge is 2.48. The molecule has 2 heterocycles. The molecule has 1 N–H and O–H groups in total. The van der Waals surface area contributed by atoms with E-state index in [-0.39, 0.29) is 11.3 Å². The van der Waals surface area contributed by atoms with Gasteiger partial charge in [0.15, 0.2) is 0 Å². The van der Waals surface area contributed by atoms with Crippen LogP contribution in [0.2, 0.25) is 0 Å². The molecule has 35 heavy (non-hydrogen) atoms. The summed E-state index contributed by atoms with van der Waals surface area (Å²) in [5.74, 6) is 1.23. The average molecular weight is 474 g/mol. The summed E-state index contributed by atoms with van der Waals surface area (Å²) in [5.41, 5.74) is 6.53. The Labute approximate surface area is 209 Å². The molecule has 6 rings (SSSR count). The number of fused-ring (bicyclic) bond motifs is 1. The van der Waals surface area contributed by atoms with E-state index in [1.807, 2.05) is 0 Å². The molecule has 0 spiro atoms. The maximum absolute atomic E-state index is 13.0. The monoisotopic (exact) mass is 473 g/mol. The van der Waals surface area contributed by atoms with Crippen molar-refractivity contribution in [1.29, 1.82) is 0 Å². The minimum Gasteiger partial charge on any atom is -0.497 e. The lowest BCUT2D eigenvalue weighted by molar-refractivity contribution is -0.121. The zero-order valence-electron chi connectivity index (χ0n) is 21.2. The van der Waals surface area contributed by atoms with Gasteiger partial charge in [0.05, 0.1) is 12.5 Å². The fourth-order valence-electron chi connectivity index (χ4n) is 7.34. The summed E-state index contributed by atoms with van der Waals surface area (Å²) in [6.45, 7) is 5.73. The first kappa shape index (κ1) is 23.1. The molecule has 1 fully saturated rings. The summed E-state index contributed by atoms with van der Waals surface area (Å²) in [4.78, 5) is 18.4. The van der Waals surface area contributed by atoms with Crippen LogP contribution in [0.25, 0.3) is 0 Å². The summed E-state index contributed by atoms with van der Waals surface area (Å²) in [6.07, 6.45) is 10.3.